The normalized spacial score (nSPS) is 11.5. The molecule has 0 amide bonds. The van der Waals surface area contributed by atoms with Gasteiger partial charge in [-0.3, -0.25) is 0 Å². The van der Waals surface area contributed by atoms with Gasteiger partial charge in [-0.25, -0.2) is 8.42 Å². The molecular formula is C11H15Cl2NO2S. The lowest BCUT2D eigenvalue weighted by atomic mass is 10.2. The second-order valence-corrected chi connectivity index (χ2v) is 6.92. The van der Waals surface area contributed by atoms with Gasteiger partial charge < -0.3 is 4.90 Å². The van der Waals surface area contributed by atoms with Crippen LogP contribution in [0.1, 0.15) is 5.56 Å². The van der Waals surface area contributed by atoms with Crippen LogP contribution < -0.4 is 4.90 Å². The molecule has 0 aromatic heterocycles. The zero-order valence-electron chi connectivity index (χ0n) is 9.78. The Bertz CT molecular complexity index is 488. The lowest BCUT2D eigenvalue weighted by Crippen LogP contribution is -2.25. The molecule has 0 aliphatic heterocycles. The van der Waals surface area contributed by atoms with Crippen molar-refractivity contribution in [2.24, 2.45) is 0 Å². The molecule has 6 heteroatoms. The molecule has 3 nitrogen and oxygen atoms in total. The molecule has 0 N–H and O–H groups in total. The van der Waals surface area contributed by atoms with Crippen LogP contribution in [-0.2, 0) is 15.7 Å². The number of hydrogen-bond donors (Lipinski definition) is 0. The Morgan fingerprint density at radius 3 is 2.53 bits per heavy atom. The van der Waals surface area contributed by atoms with Crippen molar-refractivity contribution in [2.45, 2.75) is 5.88 Å². The summed E-state index contributed by atoms with van der Waals surface area (Å²) in [4.78, 5) is 1.85. The summed E-state index contributed by atoms with van der Waals surface area (Å²) in [5.41, 5.74) is 1.81. The molecule has 17 heavy (non-hydrogen) atoms. The molecule has 0 heterocycles. The number of hydrogen-bond acceptors (Lipinski definition) is 3. The highest BCUT2D eigenvalue weighted by Crippen LogP contribution is 2.25. The first-order chi connectivity index (χ1) is 7.83. The van der Waals surface area contributed by atoms with Crippen LogP contribution >= 0.6 is 23.2 Å². The molecule has 0 saturated heterocycles. The fraction of sp³-hybridized carbons (Fsp3) is 0.455. The van der Waals surface area contributed by atoms with Gasteiger partial charge in [0, 0.05) is 36.4 Å². The molecule has 0 radical (unpaired) electrons. The summed E-state index contributed by atoms with van der Waals surface area (Å²) in [6.45, 7) is 0.420. The van der Waals surface area contributed by atoms with E-state index in [2.05, 4.69) is 0 Å². The molecule has 0 saturated carbocycles. The van der Waals surface area contributed by atoms with Gasteiger partial charge in [-0.2, -0.15) is 0 Å². The summed E-state index contributed by atoms with van der Waals surface area (Å²) in [5, 5.41) is 0.611. The maximum atomic E-state index is 11.1. The number of benzene rings is 1. The largest absolute Gasteiger partial charge is 0.373 e. The Labute approximate surface area is 112 Å². The van der Waals surface area contributed by atoms with Crippen molar-refractivity contribution in [3.63, 3.8) is 0 Å². The third-order valence-corrected chi connectivity index (χ3v) is 3.85. The Hall–Kier alpha value is -0.450. The van der Waals surface area contributed by atoms with Crippen LogP contribution in [0.2, 0.25) is 5.02 Å². The highest BCUT2D eigenvalue weighted by Gasteiger charge is 2.10. The zero-order valence-corrected chi connectivity index (χ0v) is 12.1. The van der Waals surface area contributed by atoms with E-state index in [1.807, 2.05) is 18.0 Å². The van der Waals surface area contributed by atoms with Gasteiger partial charge in [0.25, 0.3) is 0 Å². The quantitative estimate of drug-likeness (QED) is 0.784. The van der Waals surface area contributed by atoms with Crippen LogP contribution in [0.3, 0.4) is 0 Å². The first kappa shape index (κ1) is 14.6. The predicted molar refractivity (Wildman–Crippen MR) is 74.0 cm³/mol. The van der Waals surface area contributed by atoms with Crippen LogP contribution in [-0.4, -0.2) is 34.0 Å². The van der Waals surface area contributed by atoms with Crippen molar-refractivity contribution >= 4 is 38.7 Å². The lowest BCUT2D eigenvalue weighted by Gasteiger charge is -2.21. The van der Waals surface area contributed by atoms with Gasteiger partial charge in [0.05, 0.1) is 5.75 Å². The smallest absolute Gasteiger partial charge is 0.149 e. The van der Waals surface area contributed by atoms with Gasteiger partial charge in [-0.05, 0) is 17.7 Å². The number of sulfone groups is 1. The Kier molecular flexibility index (Phi) is 5.10. The summed E-state index contributed by atoms with van der Waals surface area (Å²) in [7, 11) is -1.14. The van der Waals surface area contributed by atoms with Crippen molar-refractivity contribution in [3.05, 3.63) is 28.8 Å². The number of nitrogens with zero attached hydrogens (tertiary/aromatic N) is 1. The number of anilines is 1. The standard InChI is InChI=1S/C11H15Cl2NO2S/c1-14(5-6-17(2,15)16)11-7-10(13)4-3-9(11)8-12/h3-4,7H,5-6,8H2,1-2H3. The van der Waals surface area contributed by atoms with Crippen LogP contribution in [0.4, 0.5) is 5.69 Å². The average Bonchev–Trinajstić information content (AvgIpc) is 2.25. The molecule has 0 aliphatic rings. The van der Waals surface area contributed by atoms with Gasteiger partial charge in [0.1, 0.15) is 9.84 Å². The van der Waals surface area contributed by atoms with Crippen molar-refractivity contribution < 1.29 is 8.42 Å². The van der Waals surface area contributed by atoms with Gasteiger partial charge in [0.2, 0.25) is 0 Å². The first-order valence-electron chi connectivity index (χ1n) is 5.07. The molecular weight excluding hydrogens is 281 g/mol. The van der Waals surface area contributed by atoms with Crippen LogP contribution in [0, 0.1) is 0 Å². The minimum absolute atomic E-state index is 0.109. The third kappa shape index (κ3) is 4.74. The molecule has 0 aliphatic carbocycles. The summed E-state index contributed by atoms with van der Waals surface area (Å²) < 4.78 is 22.2. The Balaban J connectivity index is 2.87. The Morgan fingerprint density at radius 1 is 1.35 bits per heavy atom. The van der Waals surface area contributed by atoms with Crippen molar-refractivity contribution in [1.29, 1.82) is 0 Å². The molecule has 0 unspecified atom stereocenters. The minimum atomic E-state index is -2.96. The minimum Gasteiger partial charge on any atom is -0.373 e. The fourth-order valence-corrected chi connectivity index (χ4v) is 2.43. The van der Waals surface area contributed by atoms with E-state index in [9.17, 15) is 8.42 Å². The van der Waals surface area contributed by atoms with Crippen LogP contribution in [0.5, 0.6) is 0 Å². The van der Waals surface area contributed by atoms with Gasteiger partial charge in [-0.1, -0.05) is 17.7 Å². The molecule has 96 valence electrons. The summed E-state index contributed by atoms with van der Waals surface area (Å²) >= 11 is 11.8. The maximum Gasteiger partial charge on any atom is 0.149 e. The van der Waals surface area contributed by atoms with Crippen molar-refractivity contribution in [3.8, 4) is 0 Å². The molecule has 0 fully saturated rings. The van der Waals surface area contributed by atoms with Crippen molar-refractivity contribution in [2.75, 3.05) is 30.5 Å². The van der Waals surface area contributed by atoms with Crippen LogP contribution in [0.25, 0.3) is 0 Å². The highest BCUT2D eigenvalue weighted by atomic mass is 35.5. The topological polar surface area (TPSA) is 37.4 Å². The number of halogens is 2. The molecule has 1 aromatic rings. The van der Waals surface area contributed by atoms with E-state index in [1.165, 1.54) is 6.26 Å². The molecule has 1 aromatic carbocycles. The fourth-order valence-electron chi connectivity index (χ4n) is 1.43. The molecule has 0 spiro atoms. The van der Waals surface area contributed by atoms with E-state index in [4.69, 9.17) is 23.2 Å². The summed E-state index contributed by atoms with van der Waals surface area (Å²) in [6.07, 6.45) is 1.22. The van der Waals surface area contributed by atoms with E-state index in [1.54, 1.807) is 12.1 Å². The van der Waals surface area contributed by atoms with E-state index in [0.29, 0.717) is 17.4 Å². The van der Waals surface area contributed by atoms with E-state index >= 15 is 0 Å². The Morgan fingerprint density at radius 2 is 2.00 bits per heavy atom. The third-order valence-electron chi connectivity index (χ3n) is 2.40. The second kappa shape index (κ2) is 5.94. The number of alkyl halides is 1. The summed E-state index contributed by atoms with van der Waals surface area (Å²) in [5.74, 6) is 0.480. The SMILES string of the molecule is CN(CCS(C)(=O)=O)c1cc(Cl)ccc1CCl. The first-order valence-corrected chi connectivity index (χ1v) is 8.04. The van der Waals surface area contributed by atoms with E-state index in [-0.39, 0.29) is 5.75 Å². The molecule has 0 bridgehead atoms. The molecule has 0 atom stereocenters. The zero-order chi connectivity index (χ0) is 13.1. The summed E-state index contributed by atoms with van der Waals surface area (Å²) in [6, 6.07) is 5.41. The maximum absolute atomic E-state index is 11.1. The van der Waals surface area contributed by atoms with E-state index < -0.39 is 9.84 Å². The molecule has 1 rings (SSSR count). The van der Waals surface area contributed by atoms with Crippen LogP contribution in [0.15, 0.2) is 18.2 Å². The number of rotatable bonds is 5. The van der Waals surface area contributed by atoms with Gasteiger partial charge in [0.15, 0.2) is 0 Å². The van der Waals surface area contributed by atoms with E-state index in [0.717, 1.165) is 11.3 Å². The van der Waals surface area contributed by atoms with Gasteiger partial charge in [-0.15, -0.1) is 11.6 Å². The second-order valence-electron chi connectivity index (χ2n) is 3.96. The highest BCUT2D eigenvalue weighted by molar-refractivity contribution is 7.90. The van der Waals surface area contributed by atoms with Crippen molar-refractivity contribution in [1.82, 2.24) is 0 Å². The monoisotopic (exact) mass is 295 g/mol. The predicted octanol–water partition coefficient (Wildman–Crippen LogP) is 2.56. The lowest BCUT2D eigenvalue weighted by molar-refractivity contribution is 0.601. The average molecular weight is 296 g/mol. The van der Waals surface area contributed by atoms with Gasteiger partial charge >= 0.3 is 0 Å².